The van der Waals surface area contributed by atoms with E-state index < -0.39 is 17.6 Å². The van der Waals surface area contributed by atoms with Crippen LogP contribution in [0.25, 0.3) is 11.0 Å². The van der Waals surface area contributed by atoms with Crippen LogP contribution in [0.5, 0.6) is 0 Å². The Morgan fingerprint density at radius 1 is 1.29 bits per heavy atom. The van der Waals surface area contributed by atoms with E-state index in [-0.39, 0.29) is 16.5 Å². The largest absolute Gasteiger partial charge is 0.418 e. The number of para-hydroxylation sites is 2. The molecule has 1 heterocycles. The topological polar surface area (TPSA) is 46.9 Å². The number of fused-ring (bicyclic) bond motifs is 1. The lowest BCUT2D eigenvalue weighted by Crippen LogP contribution is -2.18. The number of carbonyl (C=O) groups is 1. The molecular weight excluding hydrogens is 411 g/mol. The van der Waals surface area contributed by atoms with Crippen molar-refractivity contribution in [2.75, 3.05) is 11.1 Å². The number of carbonyl (C=O) groups excluding carboxylic acids is 1. The van der Waals surface area contributed by atoms with Gasteiger partial charge in [-0.1, -0.05) is 41.6 Å². The van der Waals surface area contributed by atoms with Crippen molar-refractivity contribution in [1.29, 1.82) is 0 Å². The second-order valence-corrected chi connectivity index (χ2v) is 7.19. The van der Waals surface area contributed by atoms with Gasteiger partial charge in [-0.25, -0.2) is 4.98 Å². The fourth-order valence-electron chi connectivity index (χ4n) is 2.65. The van der Waals surface area contributed by atoms with E-state index in [0.717, 1.165) is 34.9 Å². The van der Waals surface area contributed by atoms with Crippen molar-refractivity contribution in [2.45, 2.75) is 17.9 Å². The van der Waals surface area contributed by atoms with E-state index in [9.17, 15) is 18.0 Å². The molecule has 0 unspecified atom stereocenters. The van der Waals surface area contributed by atoms with Gasteiger partial charge >= 0.3 is 6.18 Å². The zero-order valence-corrected chi connectivity index (χ0v) is 16.0. The molecule has 0 bridgehead atoms. The molecule has 0 radical (unpaired) electrons. The van der Waals surface area contributed by atoms with E-state index in [0.29, 0.717) is 11.7 Å². The van der Waals surface area contributed by atoms with Gasteiger partial charge in [-0.3, -0.25) is 4.79 Å². The number of thioether (sulfide) groups is 1. The monoisotopic (exact) mass is 425 g/mol. The third kappa shape index (κ3) is 4.51. The Bertz CT molecular complexity index is 1030. The van der Waals surface area contributed by atoms with Crippen LogP contribution in [-0.4, -0.2) is 21.2 Å². The van der Waals surface area contributed by atoms with Crippen molar-refractivity contribution in [1.82, 2.24) is 9.55 Å². The summed E-state index contributed by atoms with van der Waals surface area (Å²) >= 11 is 6.79. The Labute approximate surface area is 168 Å². The molecule has 28 heavy (non-hydrogen) atoms. The second kappa shape index (κ2) is 8.28. The number of rotatable bonds is 6. The minimum Gasteiger partial charge on any atom is -0.325 e. The van der Waals surface area contributed by atoms with E-state index >= 15 is 0 Å². The number of alkyl halides is 3. The fraction of sp³-hybridized carbons (Fsp3) is 0.158. The SMILES string of the molecule is C=CCn1c(SCC(=O)Nc2ccc(Cl)cc2C(F)(F)F)nc2ccccc21. The minimum atomic E-state index is -4.63. The summed E-state index contributed by atoms with van der Waals surface area (Å²) in [5.74, 6) is -0.671. The molecule has 1 aromatic heterocycles. The standard InChI is InChI=1S/C19H15ClF3N3OS/c1-2-9-26-16-6-4-3-5-15(16)25-18(26)28-11-17(27)24-14-8-7-12(20)10-13(14)19(21,22)23/h2-8,10H,1,9,11H2,(H,24,27). The number of nitrogens with one attached hydrogen (secondary N) is 1. The summed E-state index contributed by atoms with van der Waals surface area (Å²) in [6.45, 7) is 4.22. The Morgan fingerprint density at radius 3 is 2.75 bits per heavy atom. The quantitative estimate of drug-likeness (QED) is 0.411. The van der Waals surface area contributed by atoms with Gasteiger partial charge in [0, 0.05) is 11.6 Å². The summed E-state index contributed by atoms with van der Waals surface area (Å²) in [5, 5.41) is 2.83. The van der Waals surface area contributed by atoms with Crippen molar-refractivity contribution in [3.8, 4) is 0 Å². The number of amides is 1. The number of nitrogens with zero attached hydrogens (tertiary/aromatic N) is 2. The average Bonchev–Trinajstić information content (AvgIpc) is 2.99. The van der Waals surface area contributed by atoms with Gasteiger partial charge in [0.25, 0.3) is 0 Å². The van der Waals surface area contributed by atoms with E-state index in [2.05, 4.69) is 16.9 Å². The molecular formula is C19H15ClF3N3OS. The van der Waals surface area contributed by atoms with Gasteiger partial charge in [-0.15, -0.1) is 6.58 Å². The highest BCUT2D eigenvalue weighted by atomic mass is 35.5. The third-order valence-electron chi connectivity index (χ3n) is 3.82. The predicted molar refractivity (Wildman–Crippen MR) is 106 cm³/mol. The lowest BCUT2D eigenvalue weighted by molar-refractivity contribution is -0.137. The summed E-state index contributed by atoms with van der Waals surface area (Å²) in [4.78, 5) is 16.7. The number of hydrogen-bond donors (Lipinski definition) is 1. The highest BCUT2D eigenvalue weighted by Crippen LogP contribution is 2.36. The number of hydrogen-bond acceptors (Lipinski definition) is 3. The smallest absolute Gasteiger partial charge is 0.325 e. The van der Waals surface area contributed by atoms with Crippen molar-refractivity contribution in [3.63, 3.8) is 0 Å². The van der Waals surface area contributed by atoms with Gasteiger partial charge < -0.3 is 9.88 Å². The maximum absolute atomic E-state index is 13.1. The molecule has 0 aliphatic carbocycles. The Balaban J connectivity index is 1.76. The number of allylic oxidation sites excluding steroid dienone is 1. The van der Waals surface area contributed by atoms with E-state index in [1.165, 1.54) is 6.07 Å². The molecule has 3 rings (SSSR count). The first-order chi connectivity index (χ1) is 13.3. The molecule has 0 saturated carbocycles. The van der Waals surface area contributed by atoms with Crippen molar-refractivity contribution in [2.24, 2.45) is 0 Å². The van der Waals surface area contributed by atoms with Crippen LogP contribution in [0.3, 0.4) is 0 Å². The highest BCUT2D eigenvalue weighted by Gasteiger charge is 2.34. The summed E-state index contributed by atoms with van der Waals surface area (Å²) in [5.41, 5.74) is 0.339. The second-order valence-electron chi connectivity index (χ2n) is 5.81. The molecule has 0 aliphatic rings. The molecule has 9 heteroatoms. The van der Waals surface area contributed by atoms with Gasteiger partial charge in [0.2, 0.25) is 5.91 Å². The van der Waals surface area contributed by atoms with E-state index in [1.807, 2.05) is 28.8 Å². The van der Waals surface area contributed by atoms with Gasteiger partial charge in [0.15, 0.2) is 5.16 Å². The van der Waals surface area contributed by atoms with Crippen molar-refractivity contribution >= 4 is 46.0 Å². The van der Waals surface area contributed by atoms with Crippen LogP contribution >= 0.6 is 23.4 Å². The third-order valence-corrected chi connectivity index (χ3v) is 5.04. The normalized spacial score (nSPS) is 11.6. The van der Waals surface area contributed by atoms with Crippen molar-refractivity contribution in [3.05, 3.63) is 65.7 Å². The zero-order valence-electron chi connectivity index (χ0n) is 14.5. The van der Waals surface area contributed by atoms with Crippen LogP contribution < -0.4 is 5.32 Å². The molecule has 0 spiro atoms. The number of aromatic nitrogens is 2. The van der Waals surface area contributed by atoms with E-state index in [1.54, 1.807) is 6.08 Å². The maximum atomic E-state index is 13.1. The Morgan fingerprint density at radius 2 is 2.04 bits per heavy atom. The molecule has 1 N–H and O–H groups in total. The van der Waals surface area contributed by atoms with Crippen LogP contribution in [0.4, 0.5) is 18.9 Å². The molecule has 3 aromatic rings. The first-order valence-electron chi connectivity index (χ1n) is 8.15. The van der Waals surface area contributed by atoms with Crippen LogP contribution in [0, 0.1) is 0 Å². The van der Waals surface area contributed by atoms with Gasteiger partial charge in [0.1, 0.15) is 0 Å². The van der Waals surface area contributed by atoms with E-state index in [4.69, 9.17) is 11.6 Å². The summed E-state index contributed by atoms with van der Waals surface area (Å²) in [7, 11) is 0. The van der Waals surface area contributed by atoms with Gasteiger partial charge in [-0.2, -0.15) is 13.2 Å². The summed E-state index contributed by atoms with van der Waals surface area (Å²) in [6, 6.07) is 10.7. The number of halogens is 4. The lowest BCUT2D eigenvalue weighted by Gasteiger charge is -2.14. The minimum absolute atomic E-state index is 0.0576. The number of anilines is 1. The molecule has 1 amide bonds. The van der Waals surface area contributed by atoms with Gasteiger partial charge in [-0.05, 0) is 30.3 Å². The molecule has 146 valence electrons. The lowest BCUT2D eigenvalue weighted by atomic mass is 10.1. The first-order valence-corrected chi connectivity index (χ1v) is 9.51. The molecule has 0 aliphatic heterocycles. The highest BCUT2D eigenvalue weighted by molar-refractivity contribution is 7.99. The van der Waals surface area contributed by atoms with Crippen LogP contribution in [-0.2, 0) is 17.5 Å². The van der Waals surface area contributed by atoms with Gasteiger partial charge in [0.05, 0.1) is 28.0 Å². The molecule has 0 atom stereocenters. The van der Waals surface area contributed by atoms with Crippen LogP contribution in [0.15, 0.2) is 60.3 Å². The van der Waals surface area contributed by atoms with Crippen LogP contribution in [0.1, 0.15) is 5.56 Å². The Kier molecular flexibility index (Phi) is 6.00. The molecule has 0 fully saturated rings. The fourth-order valence-corrected chi connectivity index (χ4v) is 3.64. The predicted octanol–water partition coefficient (Wildman–Crippen LogP) is 5.63. The summed E-state index contributed by atoms with van der Waals surface area (Å²) < 4.78 is 41.3. The maximum Gasteiger partial charge on any atom is 0.418 e. The first kappa shape index (κ1) is 20.3. The number of imidazole rings is 1. The number of benzene rings is 2. The zero-order chi connectivity index (χ0) is 20.3. The Hall–Kier alpha value is -2.45. The van der Waals surface area contributed by atoms with Crippen LogP contribution in [0.2, 0.25) is 5.02 Å². The summed E-state index contributed by atoms with van der Waals surface area (Å²) in [6.07, 6.45) is -2.92. The molecule has 0 saturated heterocycles. The van der Waals surface area contributed by atoms with Crippen molar-refractivity contribution < 1.29 is 18.0 Å². The molecule has 2 aromatic carbocycles. The average molecular weight is 426 g/mol. The molecule has 4 nitrogen and oxygen atoms in total.